The summed E-state index contributed by atoms with van der Waals surface area (Å²) in [5, 5.41) is 8.84. The van der Waals surface area contributed by atoms with Gasteiger partial charge in [-0.1, -0.05) is 6.07 Å². The second-order valence-corrected chi connectivity index (χ2v) is 4.21. The zero-order valence-electron chi connectivity index (χ0n) is 6.96. The van der Waals surface area contributed by atoms with E-state index in [-0.39, 0.29) is 0 Å². The second-order valence-electron chi connectivity index (χ2n) is 3.05. The van der Waals surface area contributed by atoms with Crippen LogP contribution >= 0.6 is 22.6 Å². The summed E-state index contributed by atoms with van der Waals surface area (Å²) in [7, 11) is 0. The third kappa shape index (κ3) is 1.94. The summed E-state index contributed by atoms with van der Waals surface area (Å²) in [5.74, 6) is 0.758. The molecule has 0 saturated heterocycles. The molecule has 2 nitrogen and oxygen atoms in total. The van der Waals surface area contributed by atoms with Gasteiger partial charge in [-0.3, -0.25) is 0 Å². The molecule has 0 radical (unpaired) electrons. The van der Waals surface area contributed by atoms with E-state index in [1.165, 1.54) is 0 Å². The summed E-state index contributed by atoms with van der Waals surface area (Å²) in [4.78, 5) is 0. The zero-order valence-corrected chi connectivity index (χ0v) is 9.11. The fourth-order valence-corrected chi connectivity index (χ4v) is 1.69. The molecule has 13 heavy (non-hydrogen) atoms. The number of para-hydroxylation sites is 1. The summed E-state index contributed by atoms with van der Waals surface area (Å²) in [5.41, 5.74) is 0.638. The van der Waals surface area contributed by atoms with Gasteiger partial charge in [0.1, 0.15) is 6.07 Å². The van der Waals surface area contributed by atoms with Gasteiger partial charge in [-0.15, -0.1) is 0 Å². The molecule has 1 aliphatic rings. The van der Waals surface area contributed by atoms with Crippen LogP contribution in [0.25, 0.3) is 0 Å². The SMILES string of the molecule is N#Cc1cccc(I)c1OC1CC1. The maximum absolute atomic E-state index is 8.84. The quantitative estimate of drug-likeness (QED) is 0.783. The van der Waals surface area contributed by atoms with Crippen LogP contribution in [-0.4, -0.2) is 6.10 Å². The van der Waals surface area contributed by atoms with Crippen molar-refractivity contribution in [3.63, 3.8) is 0 Å². The van der Waals surface area contributed by atoms with E-state index in [0.717, 1.165) is 22.2 Å². The van der Waals surface area contributed by atoms with Crippen LogP contribution in [0.3, 0.4) is 0 Å². The highest BCUT2D eigenvalue weighted by Crippen LogP contribution is 2.32. The fourth-order valence-electron chi connectivity index (χ4n) is 1.07. The summed E-state index contributed by atoms with van der Waals surface area (Å²) in [6.07, 6.45) is 2.59. The van der Waals surface area contributed by atoms with E-state index in [2.05, 4.69) is 28.7 Å². The first-order chi connectivity index (χ1) is 6.31. The van der Waals surface area contributed by atoms with Gasteiger partial charge >= 0.3 is 0 Å². The minimum Gasteiger partial charge on any atom is -0.488 e. The van der Waals surface area contributed by atoms with Crippen LogP contribution in [0, 0.1) is 14.9 Å². The molecule has 0 N–H and O–H groups in total. The molecule has 0 aromatic heterocycles. The van der Waals surface area contributed by atoms with Crippen LogP contribution in [0.4, 0.5) is 0 Å². The molecule has 0 amide bonds. The van der Waals surface area contributed by atoms with Gasteiger partial charge in [0.25, 0.3) is 0 Å². The highest BCUT2D eigenvalue weighted by Gasteiger charge is 2.25. The van der Waals surface area contributed by atoms with Crippen LogP contribution in [0.2, 0.25) is 0 Å². The first-order valence-corrected chi connectivity index (χ1v) is 5.24. The van der Waals surface area contributed by atoms with Gasteiger partial charge in [-0.25, -0.2) is 0 Å². The Labute approximate surface area is 90.7 Å². The van der Waals surface area contributed by atoms with Gasteiger partial charge in [-0.05, 0) is 47.6 Å². The molecule has 1 aromatic carbocycles. The number of hydrogen-bond donors (Lipinski definition) is 0. The standard InChI is InChI=1S/C10H8INO/c11-9-3-1-2-7(6-12)10(9)13-8-4-5-8/h1-3,8H,4-5H2. The molecule has 1 fully saturated rings. The number of rotatable bonds is 2. The van der Waals surface area contributed by atoms with Gasteiger partial charge in [-0.2, -0.15) is 5.26 Å². The van der Waals surface area contributed by atoms with Gasteiger partial charge < -0.3 is 4.74 Å². The third-order valence-electron chi connectivity index (χ3n) is 1.90. The Balaban J connectivity index is 2.34. The van der Waals surface area contributed by atoms with Gasteiger partial charge in [0.2, 0.25) is 0 Å². The Morgan fingerprint density at radius 2 is 2.23 bits per heavy atom. The van der Waals surface area contributed by atoms with Crippen molar-refractivity contribution in [2.24, 2.45) is 0 Å². The summed E-state index contributed by atoms with van der Waals surface area (Å²) < 4.78 is 6.67. The molecule has 66 valence electrons. The van der Waals surface area contributed by atoms with Crippen molar-refractivity contribution in [3.8, 4) is 11.8 Å². The zero-order chi connectivity index (χ0) is 9.26. The molecule has 3 heteroatoms. The molecule has 0 heterocycles. The van der Waals surface area contributed by atoms with Gasteiger partial charge in [0.05, 0.1) is 15.2 Å². The Bertz CT molecular complexity index is 366. The number of benzene rings is 1. The van der Waals surface area contributed by atoms with E-state index >= 15 is 0 Å². The molecule has 1 aliphatic carbocycles. The normalized spacial score (nSPS) is 15.1. The van der Waals surface area contributed by atoms with Gasteiger partial charge in [0, 0.05) is 0 Å². The minimum atomic E-state index is 0.350. The Hall–Kier alpha value is -0.760. The Morgan fingerprint density at radius 1 is 1.46 bits per heavy atom. The lowest BCUT2D eigenvalue weighted by Gasteiger charge is -2.07. The van der Waals surface area contributed by atoms with Crippen LogP contribution < -0.4 is 4.74 Å². The highest BCUT2D eigenvalue weighted by atomic mass is 127. The van der Waals surface area contributed by atoms with E-state index in [0.29, 0.717) is 11.7 Å². The average molecular weight is 285 g/mol. The van der Waals surface area contributed by atoms with Crippen molar-refractivity contribution < 1.29 is 4.74 Å². The van der Waals surface area contributed by atoms with E-state index in [4.69, 9.17) is 10.00 Å². The fraction of sp³-hybridized carbons (Fsp3) is 0.300. The van der Waals surface area contributed by atoms with Crippen LogP contribution in [0.1, 0.15) is 18.4 Å². The number of halogens is 1. The lowest BCUT2D eigenvalue weighted by atomic mass is 10.2. The average Bonchev–Trinajstić information content (AvgIpc) is 2.92. The highest BCUT2D eigenvalue weighted by molar-refractivity contribution is 14.1. The van der Waals surface area contributed by atoms with E-state index in [1.54, 1.807) is 6.07 Å². The molecular weight excluding hydrogens is 277 g/mol. The molecule has 1 aromatic rings. The lowest BCUT2D eigenvalue weighted by molar-refractivity contribution is 0.300. The molecule has 0 spiro atoms. The minimum absolute atomic E-state index is 0.350. The van der Waals surface area contributed by atoms with E-state index in [1.807, 2.05) is 12.1 Å². The predicted molar refractivity (Wildman–Crippen MR) is 57.5 cm³/mol. The van der Waals surface area contributed by atoms with E-state index in [9.17, 15) is 0 Å². The van der Waals surface area contributed by atoms with Crippen molar-refractivity contribution >= 4 is 22.6 Å². The first-order valence-electron chi connectivity index (χ1n) is 4.16. The second kappa shape index (κ2) is 3.54. The molecule has 1 saturated carbocycles. The largest absolute Gasteiger partial charge is 0.488 e. The summed E-state index contributed by atoms with van der Waals surface area (Å²) in [6.45, 7) is 0. The molecule has 0 bridgehead atoms. The molecular formula is C10H8INO. The molecule has 2 rings (SSSR count). The maximum Gasteiger partial charge on any atom is 0.150 e. The maximum atomic E-state index is 8.84. The van der Waals surface area contributed by atoms with Crippen LogP contribution in [0.5, 0.6) is 5.75 Å². The third-order valence-corrected chi connectivity index (χ3v) is 2.75. The van der Waals surface area contributed by atoms with Crippen LogP contribution in [0.15, 0.2) is 18.2 Å². The smallest absolute Gasteiger partial charge is 0.150 e. The number of nitrogens with zero attached hydrogens (tertiary/aromatic N) is 1. The number of nitriles is 1. The molecule has 0 atom stereocenters. The molecule has 0 aliphatic heterocycles. The summed E-state index contributed by atoms with van der Waals surface area (Å²) >= 11 is 2.19. The van der Waals surface area contributed by atoms with Crippen molar-refractivity contribution in [2.45, 2.75) is 18.9 Å². The Morgan fingerprint density at radius 3 is 2.85 bits per heavy atom. The predicted octanol–water partition coefficient (Wildman–Crippen LogP) is 2.70. The van der Waals surface area contributed by atoms with Crippen molar-refractivity contribution in [1.82, 2.24) is 0 Å². The van der Waals surface area contributed by atoms with Crippen molar-refractivity contribution in [3.05, 3.63) is 27.3 Å². The first kappa shape index (κ1) is 8.82. The number of hydrogen-bond acceptors (Lipinski definition) is 2. The molecule has 0 unspecified atom stereocenters. The van der Waals surface area contributed by atoms with Crippen molar-refractivity contribution in [1.29, 1.82) is 5.26 Å². The van der Waals surface area contributed by atoms with Crippen LogP contribution in [-0.2, 0) is 0 Å². The monoisotopic (exact) mass is 285 g/mol. The topological polar surface area (TPSA) is 33.0 Å². The Kier molecular flexibility index (Phi) is 2.40. The van der Waals surface area contributed by atoms with E-state index < -0.39 is 0 Å². The summed E-state index contributed by atoms with van der Waals surface area (Å²) in [6, 6.07) is 7.76. The van der Waals surface area contributed by atoms with Crippen molar-refractivity contribution in [2.75, 3.05) is 0 Å². The number of ether oxygens (including phenoxy) is 1. The van der Waals surface area contributed by atoms with Gasteiger partial charge in [0.15, 0.2) is 5.75 Å². The lowest BCUT2D eigenvalue weighted by Crippen LogP contribution is -1.99.